The maximum atomic E-state index is 12.4. The van der Waals surface area contributed by atoms with Crippen LogP contribution in [-0.2, 0) is 4.79 Å². The van der Waals surface area contributed by atoms with Gasteiger partial charge in [-0.3, -0.25) is 9.59 Å². The maximum absolute atomic E-state index is 12.4. The molecule has 0 aliphatic carbocycles. The van der Waals surface area contributed by atoms with Gasteiger partial charge < -0.3 is 10.2 Å². The van der Waals surface area contributed by atoms with Gasteiger partial charge in [-0.1, -0.05) is 0 Å². The summed E-state index contributed by atoms with van der Waals surface area (Å²) in [5, 5.41) is 4.83. The molecule has 0 bridgehead atoms. The third kappa shape index (κ3) is 2.43. The van der Waals surface area contributed by atoms with Crippen molar-refractivity contribution >= 4 is 39.1 Å². The first-order valence-corrected chi connectivity index (χ1v) is 8.06. The molecular weight excluding hydrogens is 328 g/mol. The van der Waals surface area contributed by atoms with Gasteiger partial charge in [0.2, 0.25) is 5.91 Å². The van der Waals surface area contributed by atoms with Crippen LogP contribution in [-0.4, -0.2) is 36.3 Å². The molecule has 1 N–H and O–H groups in total. The average molecular weight is 343 g/mol. The summed E-state index contributed by atoms with van der Waals surface area (Å²) in [6.45, 7) is 2.27. The third-order valence-corrected chi connectivity index (χ3v) is 5.94. The zero-order valence-electron chi connectivity index (χ0n) is 10.4. The van der Waals surface area contributed by atoms with Gasteiger partial charge in [0.25, 0.3) is 5.91 Å². The second kappa shape index (κ2) is 4.90. The zero-order chi connectivity index (χ0) is 13.5. The van der Waals surface area contributed by atoms with Gasteiger partial charge in [-0.15, -0.1) is 11.3 Å². The average Bonchev–Trinajstić information content (AvgIpc) is 2.97. The topological polar surface area (TPSA) is 49.4 Å². The molecule has 102 valence electrons. The first-order valence-electron chi connectivity index (χ1n) is 6.39. The van der Waals surface area contributed by atoms with Gasteiger partial charge in [-0.05, 0) is 45.6 Å². The van der Waals surface area contributed by atoms with E-state index in [-0.39, 0.29) is 17.2 Å². The number of carbonyl (C=O) groups excluding carboxylic acids is 2. The molecule has 3 rings (SSSR count). The number of piperidine rings is 1. The van der Waals surface area contributed by atoms with Crippen LogP contribution in [0.25, 0.3) is 0 Å². The summed E-state index contributed by atoms with van der Waals surface area (Å²) in [5.74, 6) is 0.259. The molecule has 1 aromatic rings. The van der Waals surface area contributed by atoms with E-state index in [2.05, 4.69) is 21.2 Å². The first kappa shape index (κ1) is 13.1. The van der Waals surface area contributed by atoms with Crippen LogP contribution >= 0.6 is 27.3 Å². The number of amides is 2. The molecule has 1 spiro atoms. The van der Waals surface area contributed by atoms with Gasteiger partial charge in [0.05, 0.1) is 0 Å². The van der Waals surface area contributed by atoms with Crippen molar-refractivity contribution in [2.24, 2.45) is 5.41 Å². The summed E-state index contributed by atoms with van der Waals surface area (Å²) in [7, 11) is 0. The van der Waals surface area contributed by atoms with E-state index in [4.69, 9.17) is 0 Å². The van der Waals surface area contributed by atoms with Crippen molar-refractivity contribution < 1.29 is 9.59 Å². The monoisotopic (exact) mass is 342 g/mol. The molecule has 6 heteroatoms. The zero-order valence-corrected chi connectivity index (χ0v) is 12.8. The molecule has 2 saturated heterocycles. The van der Waals surface area contributed by atoms with E-state index in [9.17, 15) is 9.59 Å². The van der Waals surface area contributed by atoms with Crippen LogP contribution in [0, 0.1) is 5.41 Å². The Bertz CT molecular complexity index is 520. The molecule has 0 unspecified atom stereocenters. The normalized spacial score (nSPS) is 21.7. The Morgan fingerprint density at radius 1 is 1.42 bits per heavy atom. The van der Waals surface area contributed by atoms with Crippen molar-refractivity contribution in [3.8, 4) is 0 Å². The van der Waals surface area contributed by atoms with Crippen molar-refractivity contribution in [2.45, 2.75) is 19.3 Å². The molecule has 4 nitrogen and oxygen atoms in total. The Morgan fingerprint density at radius 3 is 2.68 bits per heavy atom. The highest BCUT2D eigenvalue weighted by Crippen LogP contribution is 2.38. The van der Waals surface area contributed by atoms with Crippen LogP contribution in [0.5, 0.6) is 0 Å². The van der Waals surface area contributed by atoms with Gasteiger partial charge >= 0.3 is 0 Å². The maximum Gasteiger partial charge on any atom is 0.265 e. The van der Waals surface area contributed by atoms with Gasteiger partial charge in [0.1, 0.15) is 4.88 Å². The number of likely N-dealkylation sites (tertiary alicyclic amines) is 1. The SMILES string of the molecule is O=C1CC2(CCN(C(=O)c3sccc3Br)CC2)CN1. The standard InChI is InChI=1S/C13H15BrN2O2S/c14-9-1-6-19-11(9)12(18)16-4-2-13(3-5-16)7-10(17)15-8-13/h1,6H,2-5,7-8H2,(H,15,17). The molecule has 0 radical (unpaired) electrons. The van der Waals surface area contributed by atoms with Gasteiger partial charge in [0, 0.05) is 30.5 Å². The van der Waals surface area contributed by atoms with E-state index >= 15 is 0 Å². The predicted octanol–water partition coefficient (Wildman–Crippen LogP) is 2.25. The fraction of sp³-hybridized carbons (Fsp3) is 0.538. The number of hydrogen-bond acceptors (Lipinski definition) is 3. The largest absolute Gasteiger partial charge is 0.356 e. The molecule has 3 heterocycles. The van der Waals surface area contributed by atoms with E-state index < -0.39 is 0 Å². The predicted molar refractivity (Wildman–Crippen MR) is 77.2 cm³/mol. The molecule has 2 aliphatic rings. The van der Waals surface area contributed by atoms with Crippen LogP contribution in [0.3, 0.4) is 0 Å². The fourth-order valence-corrected chi connectivity index (χ4v) is 4.39. The van der Waals surface area contributed by atoms with Crippen LogP contribution in [0.4, 0.5) is 0 Å². The van der Waals surface area contributed by atoms with Crippen LogP contribution in [0.1, 0.15) is 28.9 Å². The molecule has 0 aromatic carbocycles. The lowest BCUT2D eigenvalue weighted by Crippen LogP contribution is -2.43. The number of halogens is 1. The van der Waals surface area contributed by atoms with E-state index in [1.165, 1.54) is 11.3 Å². The van der Waals surface area contributed by atoms with Crippen LogP contribution in [0.2, 0.25) is 0 Å². The molecule has 1 aromatic heterocycles. The molecular formula is C13H15BrN2O2S. The van der Waals surface area contributed by atoms with Crippen molar-refractivity contribution in [2.75, 3.05) is 19.6 Å². The minimum absolute atomic E-state index is 0.0978. The van der Waals surface area contributed by atoms with E-state index in [1.54, 1.807) is 0 Å². The summed E-state index contributed by atoms with van der Waals surface area (Å²) >= 11 is 4.88. The number of nitrogens with one attached hydrogen (secondary N) is 1. The lowest BCUT2D eigenvalue weighted by Gasteiger charge is -2.38. The Hall–Kier alpha value is -0.880. The summed E-state index contributed by atoms with van der Waals surface area (Å²) in [5.41, 5.74) is 0.0978. The number of thiophene rings is 1. The molecule has 2 aliphatic heterocycles. The molecule has 0 saturated carbocycles. The van der Waals surface area contributed by atoms with Crippen molar-refractivity contribution in [3.63, 3.8) is 0 Å². The molecule has 19 heavy (non-hydrogen) atoms. The summed E-state index contributed by atoms with van der Waals surface area (Å²) in [6, 6.07) is 1.91. The van der Waals surface area contributed by atoms with E-state index in [0.29, 0.717) is 6.42 Å². The number of nitrogens with zero attached hydrogens (tertiary/aromatic N) is 1. The van der Waals surface area contributed by atoms with Gasteiger partial charge in [-0.25, -0.2) is 0 Å². The Morgan fingerprint density at radius 2 is 2.16 bits per heavy atom. The van der Waals surface area contributed by atoms with Gasteiger partial charge in [-0.2, -0.15) is 0 Å². The number of carbonyl (C=O) groups is 2. The van der Waals surface area contributed by atoms with E-state index in [0.717, 1.165) is 41.8 Å². The Kier molecular flexibility index (Phi) is 3.39. The summed E-state index contributed by atoms with van der Waals surface area (Å²) in [4.78, 5) is 26.4. The minimum Gasteiger partial charge on any atom is -0.356 e. The molecule has 2 amide bonds. The minimum atomic E-state index is 0.0978. The lowest BCUT2D eigenvalue weighted by molar-refractivity contribution is -0.119. The first-order chi connectivity index (χ1) is 9.10. The molecule has 2 fully saturated rings. The summed E-state index contributed by atoms with van der Waals surface area (Å²) in [6.07, 6.45) is 2.46. The van der Waals surface area contributed by atoms with Crippen molar-refractivity contribution in [1.29, 1.82) is 0 Å². The lowest BCUT2D eigenvalue weighted by atomic mass is 9.77. The highest BCUT2D eigenvalue weighted by molar-refractivity contribution is 9.10. The second-order valence-electron chi connectivity index (χ2n) is 5.34. The summed E-state index contributed by atoms with van der Waals surface area (Å²) < 4.78 is 0.875. The third-order valence-electron chi connectivity index (χ3n) is 4.12. The highest BCUT2D eigenvalue weighted by Gasteiger charge is 2.41. The van der Waals surface area contributed by atoms with Crippen molar-refractivity contribution in [1.82, 2.24) is 10.2 Å². The Labute approximate surface area is 124 Å². The molecule has 0 atom stereocenters. The van der Waals surface area contributed by atoms with E-state index in [1.807, 2.05) is 16.3 Å². The van der Waals surface area contributed by atoms with Crippen molar-refractivity contribution in [3.05, 3.63) is 20.8 Å². The Balaban J connectivity index is 1.66. The highest BCUT2D eigenvalue weighted by atomic mass is 79.9. The second-order valence-corrected chi connectivity index (χ2v) is 7.11. The fourth-order valence-electron chi connectivity index (χ4n) is 2.88. The van der Waals surface area contributed by atoms with Gasteiger partial charge in [0.15, 0.2) is 0 Å². The quantitative estimate of drug-likeness (QED) is 0.850. The van der Waals surface area contributed by atoms with Crippen LogP contribution < -0.4 is 5.32 Å². The number of rotatable bonds is 1. The smallest absolute Gasteiger partial charge is 0.265 e. The number of hydrogen-bond donors (Lipinski definition) is 1. The van der Waals surface area contributed by atoms with Crippen LogP contribution in [0.15, 0.2) is 15.9 Å².